The van der Waals surface area contributed by atoms with Crippen LogP contribution in [-0.2, 0) is 6.54 Å². The normalized spacial score (nSPS) is 11.0. The molecule has 0 N–H and O–H groups in total. The minimum atomic E-state index is -0.171. The Morgan fingerprint density at radius 1 is 0.909 bits per heavy atom. The van der Waals surface area contributed by atoms with E-state index in [1.165, 1.54) is 0 Å². The number of para-hydroxylation sites is 1. The molecule has 2 aromatic heterocycles. The zero-order valence-corrected chi connectivity index (χ0v) is 18.5. The van der Waals surface area contributed by atoms with Crippen LogP contribution in [0.2, 0.25) is 0 Å². The maximum absolute atomic E-state index is 13.3. The van der Waals surface area contributed by atoms with E-state index in [4.69, 9.17) is 0 Å². The van der Waals surface area contributed by atoms with Gasteiger partial charge in [-0.2, -0.15) is 0 Å². The average Bonchev–Trinajstić information content (AvgIpc) is 3.25. The molecule has 0 saturated heterocycles. The first-order valence-corrected chi connectivity index (χ1v) is 10.8. The smallest absolute Gasteiger partial charge is 0.276 e. The fourth-order valence-corrected chi connectivity index (χ4v) is 4.08. The van der Waals surface area contributed by atoms with Crippen molar-refractivity contribution in [3.05, 3.63) is 108 Å². The van der Waals surface area contributed by atoms with Crippen LogP contribution in [0.15, 0.2) is 91.1 Å². The highest BCUT2D eigenvalue weighted by Gasteiger charge is 2.22. The van der Waals surface area contributed by atoms with Gasteiger partial charge in [0.15, 0.2) is 5.69 Å². The minimum absolute atomic E-state index is 0.171. The Balaban J connectivity index is 1.44. The van der Waals surface area contributed by atoms with Crippen LogP contribution in [0.25, 0.3) is 27.7 Å². The Hall–Kier alpha value is -4.32. The Labute approximate surface area is 192 Å². The van der Waals surface area contributed by atoms with Crippen molar-refractivity contribution < 1.29 is 4.79 Å². The van der Waals surface area contributed by atoms with E-state index in [2.05, 4.69) is 39.6 Å². The highest BCUT2D eigenvalue weighted by atomic mass is 16.2. The van der Waals surface area contributed by atoms with Gasteiger partial charge in [0.25, 0.3) is 5.91 Å². The van der Waals surface area contributed by atoms with Crippen LogP contribution in [0.3, 0.4) is 0 Å². The van der Waals surface area contributed by atoms with Gasteiger partial charge < -0.3 is 4.90 Å². The molecule has 0 aliphatic rings. The monoisotopic (exact) mass is 433 g/mol. The molecule has 0 spiro atoms. The number of hydrogen-bond acceptors (Lipinski definition) is 4. The van der Waals surface area contributed by atoms with E-state index in [-0.39, 0.29) is 5.91 Å². The molecule has 3 aromatic carbocycles. The lowest BCUT2D eigenvalue weighted by Crippen LogP contribution is -2.27. The third kappa shape index (κ3) is 3.87. The highest BCUT2D eigenvalue weighted by Crippen LogP contribution is 2.25. The van der Waals surface area contributed by atoms with Gasteiger partial charge in [-0.1, -0.05) is 78.0 Å². The van der Waals surface area contributed by atoms with E-state index in [1.807, 2.05) is 67.6 Å². The summed E-state index contributed by atoms with van der Waals surface area (Å²) in [6, 6.07) is 28.1. The third-order valence-electron chi connectivity index (χ3n) is 5.79. The van der Waals surface area contributed by atoms with Gasteiger partial charge >= 0.3 is 0 Å². The lowest BCUT2D eigenvalue weighted by Gasteiger charge is -2.19. The number of carbonyl (C=O) groups excluding carboxylic acids is 1. The van der Waals surface area contributed by atoms with Gasteiger partial charge in [0.2, 0.25) is 0 Å². The first-order chi connectivity index (χ1) is 16.1. The number of fused-ring (bicyclic) bond motifs is 1. The summed E-state index contributed by atoms with van der Waals surface area (Å²) in [5, 5.41) is 9.53. The number of nitrogens with zero attached hydrogens (tertiary/aromatic N) is 5. The molecule has 162 valence electrons. The van der Waals surface area contributed by atoms with Gasteiger partial charge in [0, 0.05) is 25.2 Å². The summed E-state index contributed by atoms with van der Waals surface area (Å²) in [4.78, 5) is 19.5. The Bertz CT molecular complexity index is 1440. The first kappa shape index (κ1) is 20.6. The molecular formula is C27H23N5O. The number of rotatable bonds is 5. The summed E-state index contributed by atoms with van der Waals surface area (Å²) in [6.45, 7) is 2.33. The average molecular weight is 434 g/mol. The number of benzene rings is 3. The molecule has 33 heavy (non-hydrogen) atoms. The summed E-state index contributed by atoms with van der Waals surface area (Å²) >= 11 is 0. The molecule has 2 heterocycles. The molecule has 0 fully saturated rings. The lowest BCUT2D eigenvalue weighted by atomic mass is 9.99. The minimum Gasteiger partial charge on any atom is -0.336 e. The standard InChI is InChI=1S/C27H23N5O/c1-19-25(29-30-32(19)24-16-8-13-21-14-9-17-28-26(21)24)27(33)31(2)18-22-12-6-7-15-23(22)20-10-4-3-5-11-20/h3-17H,18H2,1-2H3. The summed E-state index contributed by atoms with van der Waals surface area (Å²) in [7, 11) is 1.79. The molecule has 0 aliphatic heterocycles. The summed E-state index contributed by atoms with van der Waals surface area (Å²) in [6.07, 6.45) is 1.75. The van der Waals surface area contributed by atoms with Gasteiger partial charge in [-0.15, -0.1) is 5.10 Å². The van der Waals surface area contributed by atoms with E-state index in [1.54, 1.807) is 22.8 Å². The first-order valence-electron chi connectivity index (χ1n) is 10.8. The van der Waals surface area contributed by atoms with Crippen molar-refractivity contribution in [1.29, 1.82) is 0 Å². The summed E-state index contributed by atoms with van der Waals surface area (Å²) in [5.74, 6) is -0.171. The van der Waals surface area contributed by atoms with E-state index in [0.717, 1.165) is 33.3 Å². The van der Waals surface area contributed by atoms with Crippen molar-refractivity contribution >= 4 is 16.8 Å². The molecule has 0 saturated carbocycles. The van der Waals surface area contributed by atoms with Crippen LogP contribution in [0.5, 0.6) is 0 Å². The van der Waals surface area contributed by atoms with E-state index >= 15 is 0 Å². The molecule has 0 radical (unpaired) electrons. The molecule has 0 aliphatic carbocycles. The summed E-state index contributed by atoms with van der Waals surface area (Å²) < 4.78 is 1.69. The molecule has 0 unspecified atom stereocenters. The Kier molecular flexibility index (Phi) is 5.40. The second-order valence-corrected chi connectivity index (χ2v) is 7.97. The zero-order chi connectivity index (χ0) is 22.8. The summed E-state index contributed by atoms with van der Waals surface area (Å²) in [5.41, 5.74) is 5.94. The van der Waals surface area contributed by atoms with Crippen LogP contribution in [0.1, 0.15) is 21.7 Å². The molecule has 6 nitrogen and oxygen atoms in total. The van der Waals surface area contributed by atoms with E-state index in [0.29, 0.717) is 17.9 Å². The molecule has 6 heteroatoms. The quantitative estimate of drug-likeness (QED) is 0.389. The van der Waals surface area contributed by atoms with Crippen molar-refractivity contribution in [2.75, 3.05) is 7.05 Å². The predicted molar refractivity (Wildman–Crippen MR) is 129 cm³/mol. The van der Waals surface area contributed by atoms with Gasteiger partial charge in [0.05, 0.1) is 16.9 Å². The molecule has 5 rings (SSSR count). The van der Waals surface area contributed by atoms with Gasteiger partial charge in [-0.05, 0) is 35.7 Å². The number of pyridine rings is 1. The highest BCUT2D eigenvalue weighted by molar-refractivity contribution is 5.94. The van der Waals surface area contributed by atoms with Crippen LogP contribution < -0.4 is 0 Å². The van der Waals surface area contributed by atoms with Crippen molar-refractivity contribution in [2.24, 2.45) is 0 Å². The third-order valence-corrected chi connectivity index (χ3v) is 5.79. The number of carbonyl (C=O) groups is 1. The van der Waals surface area contributed by atoms with Crippen LogP contribution in [0, 0.1) is 6.92 Å². The Morgan fingerprint density at radius 2 is 1.67 bits per heavy atom. The van der Waals surface area contributed by atoms with Crippen molar-refractivity contribution in [2.45, 2.75) is 13.5 Å². The van der Waals surface area contributed by atoms with Crippen LogP contribution >= 0.6 is 0 Å². The van der Waals surface area contributed by atoms with E-state index < -0.39 is 0 Å². The van der Waals surface area contributed by atoms with Crippen molar-refractivity contribution in [3.8, 4) is 16.8 Å². The maximum atomic E-state index is 13.3. The molecule has 1 amide bonds. The molecule has 0 atom stereocenters. The lowest BCUT2D eigenvalue weighted by molar-refractivity contribution is 0.0778. The molecular weight excluding hydrogens is 410 g/mol. The van der Waals surface area contributed by atoms with Gasteiger partial charge in [-0.25, -0.2) is 4.68 Å². The van der Waals surface area contributed by atoms with Crippen LogP contribution in [0.4, 0.5) is 0 Å². The van der Waals surface area contributed by atoms with Crippen LogP contribution in [-0.4, -0.2) is 37.8 Å². The molecule has 0 bridgehead atoms. The fraction of sp³-hybridized carbons (Fsp3) is 0.111. The van der Waals surface area contributed by atoms with Gasteiger partial charge in [-0.3, -0.25) is 9.78 Å². The van der Waals surface area contributed by atoms with Crippen molar-refractivity contribution in [1.82, 2.24) is 24.9 Å². The number of amides is 1. The second kappa shape index (κ2) is 8.67. The van der Waals surface area contributed by atoms with Gasteiger partial charge in [0.1, 0.15) is 0 Å². The predicted octanol–water partition coefficient (Wildman–Crippen LogP) is 5.06. The largest absolute Gasteiger partial charge is 0.336 e. The number of hydrogen-bond donors (Lipinski definition) is 0. The van der Waals surface area contributed by atoms with E-state index in [9.17, 15) is 4.79 Å². The second-order valence-electron chi connectivity index (χ2n) is 7.97. The fourth-order valence-electron chi connectivity index (χ4n) is 4.08. The zero-order valence-electron chi connectivity index (χ0n) is 18.5. The SMILES string of the molecule is Cc1c(C(=O)N(C)Cc2ccccc2-c2ccccc2)nnn1-c1cccc2cccnc12. The molecule has 5 aromatic rings. The van der Waals surface area contributed by atoms with Crippen molar-refractivity contribution in [3.63, 3.8) is 0 Å². The topological polar surface area (TPSA) is 63.9 Å². The number of aromatic nitrogens is 4. The maximum Gasteiger partial charge on any atom is 0.276 e. The Morgan fingerprint density at radius 3 is 2.52 bits per heavy atom.